The molecular weight excluding hydrogens is 519 g/mol. The van der Waals surface area contributed by atoms with Crippen molar-refractivity contribution < 1.29 is 36.6 Å². The number of amides is 1. The summed E-state index contributed by atoms with van der Waals surface area (Å²) in [6.07, 6.45) is -0.852. The van der Waals surface area contributed by atoms with Gasteiger partial charge in [-0.3, -0.25) is 9.59 Å². The lowest BCUT2D eigenvalue weighted by atomic mass is 9.78. The molecule has 4 unspecified atom stereocenters. The van der Waals surface area contributed by atoms with Crippen LogP contribution in [-0.4, -0.2) is 41.0 Å². The molecule has 5 nitrogen and oxygen atoms in total. The summed E-state index contributed by atoms with van der Waals surface area (Å²) in [6, 6.07) is 8.84. The molecule has 1 heterocycles. The van der Waals surface area contributed by atoms with Crippen molar-refractivity contribution in [3.8, 4) is 0 Å². The van der Waals surface area contributed by atoms with Gasteiger partial charge in [0.25, 0.3) is 0 Å². The highest BCUT2D eigenvalue weighted by molar-refractivity contribution is 5.86. The first-order valence-corrected chi connectivity index (χ1v) is 13.3. The molecule has 1 aliphatic heterocycles. The van der Waals surface area contributed by atoms with Crippen LogP contribution in [0.25, 0.3) is 0 Å². The second kappa shape index (κ2) is 10.5. The fraction of sp³-hybridized carbons (Fsp3) is 0.517. The topological polar surface area (TPSA) is 69.6 Å². The van der Waals surface area contributed by atoms with Gasteiger partial charge in [0.2, 0.25) is 5.91 Å². The Bertz CT molecular complexity index is 1230. The van der Waals surface area contributed by atoms with Gasteiger partial charge in [0, 0.05) is 12.6 Å². The van der Waals surface area contributed by atoms with E-state index < -0.39 is 34.9 Å². The number of nitrogens with zero attached hydrogens (tertiary/aromatic N) is 1. The van der Waals surface area contributed by atoms with Gasteiger partial charge in [0.15, 0.2) is 0 Å². The highest BCUT2D eigenvalue weighted by atomic mass is 19.4. The Morgan fingerprint density at radius 1 is 1.00 bits per heavy atom. The summed E-state index contributed by atoms with van der Waals surface area (Å²) in [7, 11) is 0. The number of benzene rings is 2. The maximum Gasteiger partial charge on any atom is 0.416 e. The summed E-state index contributed by atoms with van der Waals surface area (Å²) < 4.78 is 66.5. The molecular formula is C29H31F5N2O3. The molecule has 3 aliphatic rings. The Hall–Kier alpha value is -3.01. The van der Waals surface area contributed by atoms with E-state index in [0.29, 0.717) is 31.2 Å². The number of carbonyl (C=O) groups is 2. The number of aliphatic carboxylic acids is 1. The molecule has 39 heavy (non-hydrogen) atoms. The van der Waals surface area contributed by atoms with Crippen molar-refractivity contribution in [1.82, 2.24) is 10.2 Å². The van der Waals surface area contributed by atoms with E-state index in [9.17, 15) is 36.6 Å². The minimum atomic E-state index is -4.71. The second-order valence-electron chi connectivity index (χ2n) is 11.2. The Kier molecular flexibility index (Phi) is 7.43. The number of nitrogens with one attached hydrogen (secondary N) is 1. The fourth-order valence-corrected chi connectivity index (χ4v) is 6.76. The minimum Gasteiger partial charge on any atom is -0.481 e. The van der Waals surface area contributed by atoms with Crippen molar-refractivity contribution in [1.29, 1.82) is 0 Å². The van der Waals surface area contributed by atoms with Crippen molar-refractivity contribution in [2.45, 2.75) is 63.2 Å². The second-order valence-corrected chi connectivity index (χ2v) is 11.2. The first-order chi connectivity index (χ1) is 18.5. The van der Waals surface area contributed by atoms with Crippen molar-refractivity contribution in [3.63, 3.8) is 0 Å². The van der Waals surface area contributed by atoms with Crippen LogP contribution in [0.2, 0.25) is 0 Å². The van der Waals surface area contributed by atoms with E-state index in [0.717, 1.165) is 50.0 Å². The maximum atomic E-state index is 13.8. The smallest absolute Gasteiger partial charge is 0.416 e. The average molecular weight is 551 g/mol. The highest BCUT2D eigenvalue weighted by Crippen LogP contribution is 2.59. The van der Waals surface area contributed by atoms with Crippen molar-refractivity contribution in [3.05, 3.63) is 70.8 Å². The number of hydrogen-bond donors (Lipinski definition) is 2. The summed E-state index contributed by atoms with van der Waals surface area (Å²) in [6.45, 7) is 1.33. The van der Waals surface area contributed by atoms with Crippen LogP contribution in [0.4, 0.5) is 22.0 Å². The molecule has 4 atom stereocenters. The van der Waals surface area contributed by atoms with E-state index in [4.69, 9.17) is 0 Å². The predicted octanol–water partition coefficient (Wildman–Crippen LogP) is 5.74. The molecule has 1 amide bonds. The molecule has 0 aromatic heterocycles. The van der Waals surface area contributed by atoms with Crippen LogP contribution in [0.1, 0.15) is 61.1 Å². The third-order valence-electron chi connectivity index (χ3n) is 8.92. The van der Waals surface area contributed by atoms with Gasteiger partial charge in [0.05, 0.1) is 16.9 Å². The molecule has 0 radical (unpaired) electrons. The van der Waals surface area contributed by atoms with E-state index in [-0.39, 0.29) is 35.8 Å². The molecule has 2 saturated carbocycles. The van der Waals surface area contributed by atoms with E-state index in [1.54, 1.807) is 0 Å². The molecule has 1 saturated heterocycles. The van der Waals surface area contributed by atoms with Gasteiger partial charge in [-0.2, -0.15) is 13.2 Å². The Morgan fingerprint density at radius 2 is 1.69 bits per heavy atom. The average Bonchev–Trinajstić information content (AvgIpc) is 3.59. The van der Waals surface area contributed by atoms with Gasteiger partial charge in [-0.25, -0.2) is 8.78 Å². The maximum absolute atomic E-state index is 13.8. The minimum absolute atomic E-state index is 0.00572. The molecule has 2 N–H and O–H groups in total. The lowest BCUT2D eigenvalue weighted by Crippen LogP contribution is -2.44. The quantitative estimate of drug-likeness (QED) is 0.432. The van der Waals surface area contributed by atoms with Crippen LogP contribution in [0.15, 0.2) is 42.5 Å². The molecule has 10 heteroatoms. The number of alkyl halides is 3. The zero-order valence-electron chi connectivity index (χ0n) is 21.3. The summed E-state index contributed by atoms with van der Waals surface area (Å²) in [5.74, 6) is -3.27. The first kappa shape index (κ1) is 27.6. The Balaban J connectivity index is 1.26. The van der Waals surface area contributed by atoms with Crippen LogP contribution in [0.3, 0.4) is 0 Å². The van der Waals surface area contributed by atoms with E-state index >= 15 is 0 Å². The van der Waals surface area contributed by atoms with E-state index in [1.807, 2.05) is 12.1 Å². The first-order valence-electron chi connectivity index (χ1n) is 13.3. The third-order valence-corrected chi connectivity index (χ3v) is 8.92. The summed E-state index contributed by atoms with van der Waals surface area (Å²) in [4.78, 5) is 27.6. The standard InChI is InChI=1S/C29H31F5N2O3/c30-21-3-1-18(2-4-21)19-6-9-36(10-7-19)23-5-8-28(15-23,25-14-24(25)26(37)38)27(39)35-16-17-11-20(29(32,33)34)13-22(31)12-17/h1-4,11-13,19,23-25H,5-10,14-16H2,(H,35,39)(H,37,38). The number of carbonyl (C=O) groups excluding carboxylic acids is 1. The van der Waals surface area contributed by atoms with Gasteiger partial charge in [-0.05, 0) is 105 Å². The van der Waals surface area contributed by atoms with Gasteiger partial charge >= 0.3 is 12.1 Å². The normalized spacial score (nSPS) is 27.9. The molecule has 2 aromatic rings. The number of piperidine rings is 1. The van der Waals surface area contributed by atoms with Crippen molar-refractivity contribution in [2.75, 3.05) is 13.1 Å². The molecule has 0 bridgehead atoms. The van der Waals surface area contributed by atoms with Gasteiger partial charge in [-0.1, -0.05) is 12.1 Å². The molecule has 0 spiro atoms. The van der Waals surface area contributed by atoms with Crippen LogP contribution < -0.4 is 5.32 Å². The van der Waals surface area contributed by atoms with Gasteiger partial charge in [-0.15, -0.1) is 0 Å². The number of likely N-dealkylation sites (tertiary alicyclic amines) is 1. The van der Waals surface area contributed by atoms with Crippen LogP contribution >= 0.6 is 0 Å². The summed E-state index contributed by atoms with van der Waals surface area (Å²) >= 11 is 0. The summed E-state index contributed by atoms with van der Waals surface area (Å²) in [5.41, 5.74) is -0.959. The highest BCUT2D eigenvalue weighted by Gasteiger charge is 2.62. The predicted molar refractivity (Wildman–Crippen MR) is 133 cm³/mol. The van der Waals surface area contributed by atoms with Crippen LogP contribution in [0, 0.1) is 28.9 Å². The van der Waals surface area contributed by atoms with E-state index in [1.165, 1.54) is 12.1 Å². The van der Waals surface area contributed by atoms with Gasteiger partial charge in [0.1, 0.15) is 11.6 Å². The molecule has 2 aromatic carbocycles. The van der Waals surface area contributed by atoms with E-state index in [2.05, 4.69) is 10.2 Å². The zero-order valence-corrected chi connectivity index (χ0v) is 21.3. The number of rotatable bonds is 7. The third kappa shape index (κ3) is 5.81. The fourth-order valence-electron chi connectivity index (χ4n) is 6.76. The molecule has 3 fully saturated rings. The number of carboxylic acids is 1. The molecule has 210 valence electrons. The SMILES string of the molecule is O=C(O)C1CC1C1(C(=O)NCc2cc(F)cc(C(F)(F)F)c2)CCC(N2CCC(c3ccc(F)cc3)CC2)C1. The lowest BCUT2D eigenvalue weighted by molar-refractivity contribution is -0.140. The summed E-state index contributed by atoms with van der Waals surface area (Å²) in [5, 5.41) is 12.3. The Labute approximate surface area is 223 Å². The largest absolute Gasteiger partial charge is 0.481 e. The Morgan fingerprint density at radius 3 is 2.31 bits per heavy atom. The monoisotopic (exact) mass is 550 g/mol. The van der Waals surface area contributed by atoms with Crippen LogP contribution in [-0.2, 0) is 22.3 Å². The number of carboxylic acid groups (broad SMARTS) is 1. The van der Waals surface area contributed by atoms with Crippen molar-refractivity contribution in [2.24, 2.45) is 17.3 Å². The van der Waals surface area contributed by atoms with Crippen LogP contribution in [0.5, 0.6) is 0 Å². The van der Waals surface area contributed by atoms with Crippen molar-refractivity contribution >= 4 is 11.9 Å². The molecule has 5 rings (SSSR count). The zero-order chi connectivity index (χ0) is 27.9. The number of hydrogen-bond acceptors (Lipinski definition) is 3. The lowest BCUT2D eigenvalue weighted by Gasteiger charge is -2.37. The molecule has 2 aliphatic carbocycles. The van der Waals surface area contributed by atoms with Gasteiger partial charge < -0.3 is 15.3 Å². The number of halogens is 5.